The molecular formula is C56H78N14O16. The maximum Gasteiger partial charge on any atom is 0.261 e. The van der Waals surface area contributed by atoms with Gasteiger partial charge < -0.3 is 80.6 Å². The van der Waals surface area contributed by atoms with Crippen LogP contribution in [-0.2, 0) is 45.0 Å². The van der Waals surface area contributed by atoms with Crippen molar-refractivity contribution in [2.75, 3.05) is 105 Å². The number of aromatic nitrogens is 6. The molecule has 4 saturated heterocycles. The first-order valence-electron chi connectivity index (χ1n) is 29.7. The van der Waals surface area contributed by atoms with Crippen LogP contribution in [0.4, 0.5) is 0 Å². The average molecular weight is 1200 g/mol. The fourth-order valence-electron chi connectivity index (χ4n) is 12.1. The molecule has 30 heteroatoms. The van der Waals surface area contributed by atoms with Crippen molar-refractivity contribution in [2.24, 2.45) is 0 Å². The van der Waals surface area contributed by atoms with Crippen LogP contribution in [-0.4, -0.2) is 302 Å². The summed E-state index contributed by atoms with van der Waals surface area (Å²) in [5.74, 6) is -2.07. The highest BCUT2D eigenvalue weighted by atomic mass is 16.6. The summed E-state index contributed by atoms with van der Waals surface area (Å²) in [6, 6.07) is 6.40. The van der Waals surface area contributed by atoms with Crippen LogP contribution in [0.15, 0.2) is 36.7 Å². The lowest BCUT2D eigenvalue weighted by Crippen LogP contribution is -2.58. The molecule has 30 nitrogen and oxygen atoms in total. The molecule has 6 amide bonds. The summed E-state index contributed by atoms with van der Waals surface area (Å²) in [5, 5.41) is 102. The maximum absolute atomic E-state index is 14.0. The van der Waals surface area contributed by atoms with Gasteiger partial charge in [-0.25, -0.2) is 9.36 Å². The van der Waals surface area contributed by atoms with Crippen molar-refractivity contribution < 1.29 is 79.1 Å². The maximum atomic E-state index is 14.0. The Bertz CT molecular complexity index is 2790. The minimum absolute atomic E-state index is 0.0297. The Kier molecular flexibility index (Phi) is 20.6. The van der Waals surface area contributed by atoms with Gasteiger partial charge in [0, 0.05) is 150 Å². The van der Waals surface area contributed by atoms with E-state index in [0.29, 0.717) is 96.3 Å². The summed E-state index contributed by atoms with van der Waals surface area (Å²) < 4.78 is 13.2. The lowest BCUT2D eigenvalue weighted by atomic mass is 9.86. The number of carbonyl (C=O) groups excluding carboxylic acids is 6. The van der Waals surface area contributed by atoms with Crippen LogP contribution in [0.5, 0.6) is 0 Å². The van der Waals surface area contributed by atoms with Crippen molar-refractivity contribution in [3.8, 4) is 0 Å². The van der Waals surface area contributed by atoms with Gasteiger partial charge in [0.25, 0.3) is 23.6 Å². The molecule has 0 bridgehead atoms. The Morgan fingerprint density at radius 2 is 0.779 bits per heavy atom. The number of hydrogen-bond acceptors (Lipinski definition) is 24. The van der Waals surface area contributed by atoms with Gasteiger partial charge >= 0.3 is 0 Å². The molecule has 2 unspecified atom stereocenters. The van der Waals surface area contributed by atoms with Crippen LogP contribution in [0.3, 0.4) is 0 Å². The van der Waals surface area contributed by atoms with Gasteiger partial charge in [0.1, 0.15) is 48.8 Å². The van der Waals surface area contributed by atoms with Crippen LogP contribution < -0.4 is 10.6 Å². The van der Waals surface area contributed by atoms with Gasteiger partial charge in [0.15, 0.2) is 12.6 Å². The van der Waals surface area contributed by atoms with E-state index in [4.69, 9.17) is 9.47 Å². The van der Waals surface area contributed by atoms with Crippen molar-refractivity contribution in [1.82, 2.24) is 70.0 Å². The van der Waals surface area contributed by atoms with Gasteiger partial charge in [-0.2, -0.15) is 0 Å². The molecule has 4 aromatic rings. The Labute approximate surface area is 494 Å². The largest absolute Gasteiger partial charge is 0.388 e. The first-order chi connectivity index (χ1) is 41.4. The molecule has 6 aliphatic rings. The van der Waals surface area contributed by atoms with E-state index >= 15 is 0 Å². The number of piperazine rings is 2. The van der Waals surface area contributed by atoms with Crippen molar-refractivity contribution >= 4 is 46.2 Å². The van der Waals surface area contributed by atoms with Gasteiger partial charge in [-0.1, -0.05) is 10.4 Å². The Morgan fingerprint density at radius 1 is 0.453 bits per heavy atom. The van der Waals surface area contributed by atoms with Gasteiger partial charge in [-0.3, -0.25) is 38.6 Å². The zero-order chi connectivity index (χ0) is 60.8. The van der Waals surface area contributed by atoms with Crippen molar-refractivity contribution in [3.63, 3.8) is 0 Å². The van der Waals surface area contributed by atoms with Crippen LogP contribution >= 0.6 is 0 Å². The zero-order valence-electron chi connectivity index (χ0n) is 47.8. The summed E-state index contributed by atoms with van der Waals surface area (Å²) in [6.07, 6.45) is -7.77. The minimum atomic E-state index is -1.65. The SMILES string of the molecule is O=C(CCc1cn(C[C@@H]2OC(O)[C@@H](O)[C@H](O)[C@@H]2O)nn1)NCCCN1CCN(CCCN2C(=O)c3ccc4c5c(ccc(c35)C2=O)C(=O)N(CCCN2CCN(CCCNC(=O)CCc3cn(C[C@H]5OC(O)[C@H](O)[C@@H](O)[C@H]5O)nn3)CC2)C4=O)CC1. The Balaban J connectivity index is 0.581. The zero-order valence-corrected chi connectivity index (χ0v) is 47.8. The Hall–Kier alpha value is -6.36. The molecule has 0 radical (unpaired) electrons. The molecule has 4 fully saturated rings. The van der Waals surface area contributed by atoms with E-state index in [1.54, 1.807) is 36.7 Å². The van der Waals surface area contributed by atoms with Crippen LogP contribution in [0.2, 0.25) is 0 Å². The third-order valence-electron chi connectivity index (χ3n) is 17.1. The fraction of sp³-hybridized carbons (Fsp3) is 0.643. The summed E-state index contributed by atoms with van der Waals surface area (Å²) in [5.41, 5.74) is 2.25. The highest BCUT2D eigenvalue weighted by Crippen LogP contribution is 2.38. The number of hydrogen-bond donors (Lipinski definition) is 10. The van der Waals surface area contributed by atoms with Crippen molar-refractivity contribution in [3.05, 3.63) is 70.3 Å². The molecule has 10 N–H and O–H groups in total. The Morgan fingerprint density at radius 3 is 1.12 bits per heavy atom. The molecule has 2 aromatic heterocycles. The van der Waals surface area contributed by atoms with E-state index in [1.807, 2.05) is 0 Å². The van der Waals surface area contributed by atoms with E-state index < -0.39 is 85.0 Å². The predicted octanol–water partition coefficient (Wildman–Crippen LogP) is -4.89. The number of benzene rings is 2. The van der Waals surface area contributed by atoms with E-state index in [1.165, 1.54) is 19.2 Å². The molecule has 468 valence electrons. The number of carbonyl (C=O) groups is 6. The highest BCUT2D eigenvalue weighted by Gasteiger charge is 2.45. The number of aryl methyl sites for hydroxylation is 2. The molecule has 86 heavy (non-hydrogen) atoms. The smallest absolute Gasteiger partial charge is 0.261 e. The van der Waals surface area contributed by atoms with Crippen LogP contribution in [0.25, 0.3) is 10.8 Å². The van der Waals surface area contributed by atoms with Gasteiger partial charge in [0.2, 0.25) is 11.8 Å². The quantitative estimate of drug-likeness (QED) is 0.0208. The number of rotatable bonds is 26. The fourth-order valence-corrected chi connectivity index (χ4v) is 12.1. The lowest BCUT2D eigenvalue weighted by molar-refractivity contribution is -0.284. The molecule has 6 aliphatic heterocycles. The summed E-state index contributed by atoms with van der Waals surface area (Å²) in [6.45, 7) is 10.9. The second kappa shape index (κ2) is 28.2. The number of nitrogens with zero attached hydrogens (tertiary/aromatic N) is 12. The van der Waals surface area contributed by atoms with Crippen LogP contribution in [0.1, 0.15) is 91.3 Å². The van der Waals surface area contributed by atoms with E-state index in [2.05, 4.69) is 50.9 Å². The third kappa shape index (κ3) is 14.5. The second-order valence-electron chi connectivity index (χ2n) is 23.0. The normalized spacial score (nSPS) is 26.9. The van der Waals surface area contributed by atoms with E-state index in [-0.39, 0.29) is 50.8 Å². The summed E-state index contributed by atoms with van der Waals surface area (Å²) >= 11 is 0. The topological polar surface area (TPSA) is 388 Å². The number of ether oxygens (including phenoxy) is 2. The molecule has 10 atom stereocenters. The molecule has 8 heterocycles. The molecule has 10 rings (SSSR count). The first kappa shape index (κ1) is 62.7. The average Bonchev–Trinajstić information content (AvgIpc) is 0.810. The first-order valence-corrected chi connectivity index (χ1v) is 29.7. The number of nitrogens with one attached hydrogen (secondary N) is 2. The van der Waals surface area contributed by atoms with E-state index in [9.17, 15) is 69.6 Å². The molecule has 2 aromatic carbocycles. The molecule has 0 saturated carbocycles. The van der Waals surface area contributed by atoms with E-state index in [0.717, 1.165) is 78.3 Å². The number of aliphatic hydroxyl groups excluding tert-OH is 8. The summed E-state index contributed by atoms with van der Waals surface area (Å²) in [7, 11) is 0. The predicted molar refractivity (Wildman–Crippen MR) is 299 cm³/mol. The monoisotopic (exact) mass is 1200 g/mol. The molecule has 0 aliphatic carbocycles. The molecule has 0 spiro atoms. The molecular weight excluding hydrogens is 1120 g/mol. The minimum Gasteiger partial charge on any atom is -0.388 e. The third-order valence-corrected chi connectivity index (χ3v) is 17.1. The standard InChI is InChI=1S/C56H78N14O16/c71-41(11-5-33-29-67(61-59-33)31-39-45(73)47(75)49(77)55(83)85-39)57-13-1-15-63-21-25-65(26-22-63)17-3-19-69-51(79)35-7-9-37-44-38(10-8-36(43(35)44)52(69)80)54(82)70(53(37)81)20-4-18-66-27-23-64(24-28-66)16-2-14-58-42(72)12-6-34-30-68(62-60-34)32-40-46(74)48(76)50(78)56(84)86-40/h7-10,29-30,39-40,45-50,55-56,73-78,83-84H,1-6,11-28,31-32H2,(H,57,71)(H,58,72)/t39-,40+,45+,46-,47+,48-,49-,50+,55?,56?. The van der Waals surface area contributed by atoms with Crippen molar-refractivity contribution in [1.29, 1.82) is 0 Å². The van der Waals surface area contributed by atoms with Gasteiger partial charge in [-0.05, 0) is 76.1 Å². The van der Waals surface area contributed by atoms with Gasteiger partial charge in [-0.15, -0.1) is 10.2 Å². The number of aliphatic hydroxyl groups is 8. The number of amides is 6. The second-order valence-corrected chi connectivity index (χ2v) is 23.0. The highest BCUT2D eigenvalue weighted by molar-refractivity contribution is 6.33. The number of imide groups is 2. The van der Waals surface area contributed by atoms with Crippen LogP contribution in [0, 0.1) is 0 Å². The lowest BCUT2D eigenvalue weighted by Gasteiger charge is -2.38. The van der Waals surface area contributed by atoms with Crippen molar-refractivity contribution in [2.45, 2.75) is 126 Å². The summed E-state index contributed by atoms with van der Waals surface area (Å²) in [4.78, 5) is 92.9. The van der Waals surface area contributed by atoms with Gasteiger partial charge in [0.05, 0.1) is 24.5 Å².